The van der Waals surface area contributed by atoms with Crippen molar-refractivity contribution in [2.75, 3.05) is 19.8 Å². The number of hydrogen-bond acceptors (Lipinski definition) is 5. The monoisotopic (exact) mass is 438 g/mol. The minimum Gasteiger partial charge on any atom is -0.490 e. The van der Waals surface area contributed by atoms with E-state index in [9.17, 15) is 18.3 Å². The van der Waals surface area contributed by atoms with E-state index in [4.69, 9.17) is 18.9 Å². The molecule has 1 fully saturated rings. The molecule has 2 aromatic carbocycles. The van der Waals surface area contributed by atoms with Crippen molar-refractivity contribution in [3.8, 4) is 5.75 Å². The predicted octanol–water partition coefficient (Wildman–Crippen LogP) is 4.74. The van der Waals surface area contributed by atoms with E-state index in [0.29, 0.717) is 18.6 Å². The van der Waals surface area contributed by atoms with Gasteiger partial charge in [0.25, 0.3) is 6.48 Å². The van der Waals surface area contributed by atoms with E-state index in [1.165, 1.54) is 25.1 Å². The minimum absolute atomic E-state index is 0.0228. The zero-order valence-electron chi connectivity index (χ0n) is 17.2. The number of halogens is 3. The highest BCUT2D eigenvalue weighted by Crippen LogP contribution is 2.28. The van der Waals surface area contributed by atoms with Crippen molar-refractivity contribution < 1.29 is 37.2 Å². The lowest BCUT2D eigenvalue weighted by atomic mass is 10.00. The third kappa shape index (κ3) is 5.86. The first-order valence-corrected chi connectivity index (χ1v) is 9.93. The molecule has 0 amide bonds. The molecule has 3 rings (SSSR count). The van der Waals surface area contributed by atoms with Crippen molar-refractivity contribution in [2.24, 2.45) is 0 Å². The second kappa shape index (κ2) is 10.8. The summed E-state index contributed by atoms with van der Waals surface area (Å²) in [7, 11) is 0. The summed E-state index contributed by atoms with van der Waals surface area (Å²) in [5, 5.41) is 9.44. The van der Waals surface area contributed by atoms with E-state index in [1.54, 1.807) is 18.2 Å². The van der Waals surface area contributed by atoms with Crippen LogP contribution in [0.15, 0.2) is 43.0 Å². The van der Waals surface area contributed by atoms with E-state index in [0.717, 1.165) is 0 Å². The van der Waals surface area contributed by atoms with Crippen molar-refractivity contribution in [1.82, 2.24) is 0 Å². The molecule has 1 saturated heterocycles. The van der Waals surface area contributed by atoms with Crippen molar-refractivity contribution in [3.63, 3.8) is 0 Å². The molecule has 5 nitrogen and oxygen atoms in total. The molecule has 0 saturated carbocycles. The zero-order valence-corrected chi connectivity index (χ0v) is 17.2. The second-order valence-electron chi connectivity index (χ2n) is 7.20. The molecule has 1 aliphatic rings. The van der Waals surface area contributed by atoms with Crippen molar-refractivity contribution >= 4 is 0 Å². The average Bonchev–Trinajstić information content (AvgIpc) is 2.76. The van der Waals surface area contributed by atoms with Crippen molar-refractivity contribution in [2.45, 2.75) is 38.4 Å². The number of aliphatic hydroxyl groups excluding tert-OH is 1. The molecular formula is C23H25F3O5. The molecule has 0 aliphatic carbocycles. The number of ether oxygens (including phenoxy) is 4. The Balaban J connectivity index is 1.52. The van der Waals surface area contributed by atoms with Gasteiger partial charge in [0.15, 0.2) is 23.2 Å². The van der Waals surface area contributed by atoms with Gasteiger partial charge in [0.1, 0.15) is 0 Å². The van der Waals surface area contributed by atoms with E-state index >= 15 is 0 Å². The van der Waals surface area contributed by atoms with Gasteiger partial charge in [0.05, 0.1) is 32.5 Å². The molecule has 1 unspecified atom stereocenters. The molecule has 1 atom stereocenters. The molecule has 0 radical (unpaired) electrons. The third-order valence-electron chi connectivity index (χ3n) is 4.89. The smallest absolute Gasteiger partial charge is 0.271 e. The van der Waals surface area contributed by atoms with Gasteiger partial charge in [-0.1, -0.05) is 24.3 Å². The summed E-state index contributed by atoms with van der Waals surface area (Å²) in [4.78, 5) is 0. The highest BCUT2D eigenvalue weighted by molar-refractivity contribution is 5.32. The van der Waals surface area contributed by atoms with Crippen LogP contribution in [0.5, 0.6) is 5.75 Å². The standard InChI is InChI=1S/C23H25F3O5/c1-3-4-9-28-20-8-6-15(10-19(20)24)17-12-30-23(31-13-17)29-11-16-5-7-18(14(2)27)22(26)21(16)25/h3,5-8,10,14,17,23,27H,1,4,9,11-13H2,2H3. The lowest BCUT2D eigenvalue weighted by Crippen LogP contribution is -2.32. The van der Waals surface area contributed by atoms with Crippen LogP contribution in [-0.4, -0.2) is 31.4 Å². The van der Waals surface area contributed by atoms with Crippen LogP contribution in [0, 0.1) is 17.5 Å². The fraction of sp³-hybridized carbons (Fsp3) is 0.391. The molecule has 168 valence electrons. The van der Waals surface area contributed by atoms with Crippen LogP contribution in [0.3, 0.4) is 0 Å². The maximum atomic E-state index is 14.2. The molecule has 31 heavy (non-hydrogen) atoms. The van der Waals surface area contributed by atoms with Gasteiger partial charge in [0.2, 0.25) is 0 Å². The van der Waals surface area contributed by atoms with E-state index in [1.807, 2.05) is 0 Å². The Morgan fingerprint density at radius 3 is 2.55 bits per heavy atom. The Bertz CT molecular complexity index is 895. The summed E-state index contributed by atoms with van der Waals surface area (Å²) in [5.74, 6) is -2.71. The Labute approximate surface area is 179 Å². The number of rotatable bonds is 9. The summed E-state index contributed by atoms with van der Waals surface area (Å²) in [6.07, 6.45) is 1.19. The van der Waals surface area contributed by atoms with Gasteiger partial charge in [-0.05, 0) is 31.0 Å². The van der Waals surface area contributed by atoms with Gasteiger partial charge < -0.3 is 24.1 Å². The van der Waals surface area contributed by atoms with Gasteiger partial charge in [0, 0.05) is 17.0 Å². The van der Waals surface area contributed by atoms with Gasteiger partial charge in [-0.2, -0.15) is 0 Å². The van der Waals surface area contributed by atoms with E-state index in [-0.39, 0.29) is 42.6 Å². The Morgan fingerprint density at radius 1 is 1.16 bits per heavy atom. The molecular weight excluding hydrogens is 413 g/mol. The predicted molar refractivity (Wildman–Crippen MR) is 107 cm³/mol. The number of hydrogen-bond donors (Lipinski definition) is 1. The first-order valence-electron chi connectivity index (χ1n) is 9.93. The molecule has 1 N–H and O–H groups in total. The maximum Gasteiger partial charge on any atom is 0.271 e. The van der Waals surface area contributed by atoms with Gasteiger partial charge in [-0.25, -0.2) is 13.2 Å². The average molecular weight is 438 g/mol. The molecule has 0 spiro atoms. The Morgan fingerprint density at radius 2 is 1.90 bits per heavy atom. The minimum atomic E-state index is -1.12. The maximum absolute atomic E-state index is 14.2. The summed E-state index contributed by atoms with van der Waals surface area (Å²) < 4.78 is 64.0. The van der Waals surface area contributed by atoms with E-state index in [2.05, 4.69) is 6.58 Å². The van der Waals surface area contributed by atoms with Crippen molar-refractivity contribution in [3.05, 3.63) is 77.1 Å². The topological polar surface area (TPSA) is 57.2 Å². The third-order valence-corrected chi connectivity index (χ3v) is 4.89. The fourth-order valence-corrected chi connectivity index (χ4v) is 3.11. The number of benzene rings is 2. The molecule has 2 aromatic rings. The first-order chi connectivity index (χ1) is 14.9. The van der Waals surface area contributed by atoms with Crippen LogP contribution in [0.2, 0.25) is 0 Å². The largest absolute Gasteiger partial charge is 0.490 e. The fourth-order valence-electron chi connectivity index (χ4n) is 3.11. The highest BCUT2D eigenvalue weighted by Gasteiger charge is 2.26. The molecule has 0 aromatic heterocycles. The highest BCUT2D eigenvalue weighted by atomic mass is 19.2. The first kappa shape index (κ1) is 23.3. The zero-order chi connectivity index (χ0) is 22.4. The second-order valence-corrected chi connectivity index (χ2v) is 7.20. The van der Waals surface area contributed by atoms with Crippen LogP contribution >= 0.6 is 0 Å². The van der Waals surface area contributed by atoms with Crippen molar-refractivity contribution in [1.29, 1.82) is 0 Å². The quantitative estimate of drug-likeness (QED) is 0.453. The summed E-state index contributed by atoms with van der Waals surface area (Å²) in [6.45, 7) is 4.37. The number of aliphatic hydroxyl groups is 1. The lowest BCUT2D eigenvalue weighted by molar-refractivity contribution is -0.319. The van der Waals surface area contributed by atoms with Gasteiger partial charge >= 0.3 is 0 Å². The lowest BCUT2D eigenvalue weighted by Gasteiger charge is -2.29. The van der Waals surface area contributed by atoms with Crippen LogP contribution < -0.4 is 4.74 Å². The van der Waals surface area contributed by atoms with Crippen LogP contribution in [0.4, 0.5) is 13.2 Å². The normalized spacial score (nSPS) is 19.8. The molecule has 0 bridgehead atoms. The summed E-state index contributed by atoms with van der Waals surface area (Å²) in [5.41, 5.74) is 0.540. The van der Waals surface area contributed by atoms with Crippen LogP contribution in [0.1, 0.15) is 42.1 Å². The Hall–Kier alpha value is -2.39. The molecule has 8 heteroatoms. The van der Waals surface area contributed by atoms with Gasteiger partial charge in [-0.3, -0.25) is 0 Å². The Kier molecular flexibility index (Phi) is 8.09. The van der Waals surface area contributed by atoms with Crippen LogP contribution in [-0.2, 0) is 20.8 Å². The van der Waals surface area contributed by atoms with Crippen LogP contribution in [0.25, 0.3) is 0 Å². The van der Waals surface area contributed by atoms with Gasteiger partial charge in [-0.15, -0.1) is 6.58 Å². The molecule has 1 heterocycles. The summed E-state index contributed by atoms with van der Waals surface area (Å²) >= 11 is 0. The molecule has 1 aliphatic heterocycles. The summed E-state index contributed by atoms with van der Waals surface area (Å²) in [6, 6.07) is 7.33. The SMILES string of the molecule is C=CCCOc1ccc(C2COC(OCc3ccc(C(C)O)c(F)c3F)OC2)cc1F. The van der Waals surface area contributed by atoms with E-state index < -0.39 is 30.0 Å².